The number of fused-ring (bicyclic) bond motifs is 1. The molecule has 2 heterocycles. The maximum Gasteiger partial charge on any atom is 0.265 e. The molecule has 9 heteroatoms. The molecule has 4 rings (SSSR count). The summed E-state index contributed by atoms with van der Waals surface area (Å²) in [5.74, 6) is -1.26. The predicted molar refractivity (Wildman–Crippen MR) is 134 cm³/mol. The minimum absolute atomic E-state index is 0.0315. The smallest absolute Gasteiger partial charge is 0.265 e. The summed E-state index contributed by atoms with van der Waals surface area (Å²) in [4.78, 5) is 45.3. The number of nitrogens with zero attached hydrogens (tertiary/aromatic N) is 3. The Morgan fingerprint density at radius 2 is 1.72 bits per heavy atom. The summed E-state index contributed by atoms with van der Waals surface area (Å²) < 4.78 is 14.6. The Morgan fingerprint density at radius 1 is 1.06 bits per heavy atom. The van der Waals surface area contributed by atoms with Crippen LogP contribution >= 0.6 is 0 Å². The van der Waals surface area contributed by atoms with Crippen LogP contribution in [0.5, 0.6) is 5.75 Å². The molecular weight excluding hydrogens is 463 g/mol. The number of hydrogen-bond acceptors (Lipinski definition) is 5. The molecule has 2 amide bonds. The van der Waals surface area contributed by atoms with Gasteiger partial charge in [0, 0.05) is 32.9 Å². The fourth-order valence-electron chi connectivity index (χ4n) is 3.98. The molecule has 0 spiro atoms. The zero-order valence-corrected chi connectivity index (χ0v) is 20.1. The van der Waals surface area contributed by atoms with Gasteiger partial charge >= 0.3 is 0 Å². The molecule has 0 atom stereocenters. The molecule has 0 unspecified atom stereocenters. The first-order valence-corrected chi connectivity index (χ1v) is 11.2. The molecule has 2 aromatic heterocycles. The van der Waals surface area contributed by atoms with Crippen molar-refractivity contribution >= 4 is 22.8 Å². The topological polar surface area (TPSA) is 105 Å². The third-order valence-electron chi connectivity index (χ3n) is 5.88. The van der Waals surface area contributed by atoms with E-state index < -0.39 is 11.5 Å². The molecule has 36 heavy (non-hydrogen) atoms. The normalized spacial score (nSPS) is 10.9. The van der Waals surface area contributed by atoms with E-state index in [2.05, 4.69) is 10.3 Å². The number of carbonyl (C=O) groups is 2. The van der Waals surface area contributed by atoms with Gasteiger partial charge in [-0.2, -0.15) is 0 Å². The van der Waals surface area contributed by atoms with Crippen LogP contribution in [-0.4, -0.2) is 52.5 Å². The molecule has 0 radical (unpaired) electrons. The largest absolute Gasteiger partial charge is 0.508 e. The highest BCUT2D eigenvalue weighted by atomic mass is 19.1. The zero-order chi connectivity index (χ0) is 26.0. The van der Waals surface area contributed by atoms with Gasteiger partial charge in [-0.3, -0.25) is 23.9 Å². The number of benzene rings is 2. The molecule has 0 saturated heterocycles. The summed E-state index contributed by atoms with van der Waals surface area (Å²) in [5.41, 5.74) is 2.34. The summed E-state index contributed by atoms with van der Waals surface area (Å²) in [7, 11) is 4.58. The number of aromatic hydroxyl groups is 1. The summed E-state index contributed by atoms with van der Waals surface area (Å²) in [6.45, 7) is -0.288. The van der Waals surface area contributed by atoms with Gasteiger partial charge in [0.05, 0.1) is 11.0 Å². The van der Waals surface area contributed by atoms with Crippen LogP contribution < -0.4 is 10.9 Å². The lowest BCUT2D eigenvalue weighted by molar-refractivity contribution is -0.129. The highest BCUT2D eigenvalue weighted by molar-refractivity contribution is 6.07. The van der Waals surface area contributed by atoms with E-state index in [1.165, 1.54) is 40.8 Å². The number of nitrogens with one attached hydrogen (secondary N) is 1. The van der Waals surface area contributed by atoms with Gasteiger partial charge < -0.3 is 15.3 Å². The quantitative estimate of drug-likeness (QED) is 0.434. The van der Waals surface area contributed by atoms with Crippen molar-refractivity contribution in [2.24, 2.45) is 0 Å². The molecule has 0 aliphatic rings. The van der Waals surface area contributed by atoms with E-state index in [-0.39, 0.29) is 29.6 Å². The lowest BCUT2D eigenvalue weighted by Gasteiger charge is -2.19. The number of hydrogen-bond donors (Lipinski definition) is 2. The maximum atomic E-state index is 13.7. The van der Waals surface area contributed by atoms with Crippen LogP contribution in [0, 0.1) is 5.82 Å². The first-order valence-electron chi connectivity index (χ1n) is 11.2. The second kappa shape index (κ2) is 9.99. The highest BCUT2D eigenvalue weighted by Crippen LogP contribution is 2.31. The number of phenolic OH excluding ortho intramolecular Hbond substituents is 1. The zero-order valence-electron chi connectivity index (χ0n) is 20.1. The minimum Gasteiger partial charge on any atom is -0.508 e. The van der Waals surface area contributed by atoms with Gasteiger partial charge in [-0.1, -0.05) is 24.3 Å². The van der Waals surface area contributed by atoms with E-state index in [0.717, 1.165) is 11.1 Å². The van der Waals surface area contributed by atoms with E-state index in [0.29, 0.717) is 28.6 Å². The van der Waals surface area contributed by atoms with Crippen molar-refractivity contribution in [3.8, 4) is 16.9 Å². The fourth-order valence-corrected chi connectivity index (χ4v) is 3.98. The van der Waals surface area contributed by atoms with Crippen molar-refractivity contribution in [3.63, 3.8) is 0 Å². The summed E-state index contributed by atoms with van der Waals surface area (Å²) >= 11 is 0. The first kappa shape index (κ1) is 24.6. The molecule has 184 valence electrons. The Morgan fingerprint density at radius 3 is 2.33 bits per heavy atom. The van der Waals surface area contributed by atoms with E-state index >= 15 is 0 Å². The van der Waals surface area contributed by atoms with Gasteiger partial charge in [-0.05, 0) is 53.4 Å². The highest BCUT2D eigenvalue weighted by Gasteiger charge is 2.25. The monoisotopic (exact) mass is 488 g/mol. The van der Waals surface area contributed by atoms with Crippen molar-refractivity contribution < 1.29 is 19.1 Å². The summed E-state index contributed by atoms with van der Waals surface area (Å²) in [6.07, 6.45) is 2.05. The summed E-state index contributed by atoms with van der Waals surface area (Å²) in [6, 6.07) is 13.9. The molecule has 4 aromatic rings. The van der Waals surface area contributed by atoms with Crippen molar-refractivity contribution in [3.05, 3.63) is 93.7 Å². The number of rotatable bonds is 6. The Labute approximate surface area is 206 Å². The van der Waals surface area contributed by atoms with Gasteiger partial charge in [0.25, 0.3) is 11.5 Å². The molecule has 2 aromatic carbocycles. The summed E-state index contributed by atoms with van der Waals surface area (Å²) in [5, 5.41) is 12.3. The third-order valence-corrected chi connectivity index (χ3v) is 5.88. The second-order valence-electron chi connectivity index (χ2n) is 8.57. The van der Waals surface area contributed by atoms with E-state index in [1.54, 1.807) is 50.6 Å². The Kier molecular flexibility index (Phi) is 6.82. The number of phenols is 1. The van der Waals surface area contributed by atoms with E-state index in [1.807, 2.05) is 0 Å². The Hall–Kier alpha value is -4.53. The lowest BCUT2D eigenvalue weighted by atomic mass is 9.97. The van der Waals surface area contributed by atoms with Crippen LogP contribution in [0.3, 0.4) is 0 Å². The van der Waals surface area contributed by atoms with Crippen molar-refractivity contribution in [2.45, 2.75) is 13.0 Å². The maximum absolute atomic E-state index is 13.7. The van der Waals surface area contributed by atoms with Crippen LogP contribution in [0.1, 0.15) is 21.5 Å². The van der Waals surface area contributed by atoms with Crippen LogP contribution in [0.15, 0.2) is 65.6 Å². The number of pyridine rings is 2. The van der Waals surface area contributed by atoms with E-state index in [4.69, 9.17) is 0 Å². The van der Waals surface area contributed by atoms with Crippen molar-refractivity contribution in [1.29, 1.82) is 0 Å². The molecule has 0 aliphatic heterocycles. The Bertz CT molecular complexity index is 1510. The average molecular weight is 489 g/mol. The number of carbonyl (C=O) groups excluding carboxylic acids is 2. The lowest BCUT2D eigenvalue weighted by Crippen LogP contribution is -2.37. The number of likely N-dealkylation sites (N-methyl/N-ethyl adjacent to an activating group) is 1. The third kappa shape index (κ3) is 4.81. The van der Waals surface area contributed by atoms with Gasteiger partial charge in [-0.25, -0.2) is 4.39 Å². The van der Waals surface area contributed by atoms with Gasteiger partial charge in [0.15, 0.2) is 0 Å². The predicted octanol–water partition coefficient (Wildman–Crippen LogP) is 2.95. The second-order valence-corrected chi connectivity index (χ2v) is 8.57. The number of aromatic nitrogens is 2. The van der Waals surface area contributed by atoms with Crippen LogP contribution in [0.25, 0.3) is 22.2 Å². The molecule has 0 saturated carbocycles. The average Bonchev–Trinajstić information content (AvgIpc) is 2.86. The van der Waals surface area contributed by atoms with Crippen LogP contribution in [-0.2, 0) is 17.8 Å². The Balaban J connectivity index is 2.02. The molecule has 2 N–H and O–H groups in total. The molecule has 8 nitrogen and oxygen atoms in total. The van der Waals surface area contributed by atoms with E-state index in [9.17, 15) is 23.9 Å². The van der Waals surface area contributed by atoms with Crippen LogP contribution in [0.2, 0.25) is 0 Å². The van der Waals surface area contributed by atoms with Gasteiger partial charge in [-0.15, -0.1) is 0 Å². The standard InChI is InChI=1S/C27H25FN4O4/c1-29-26(35)24-23(18-6-10-20(33)11-7-18)25-21(32(27(24)36)15-22(34)31(2)3)13-17(14-30-25)12-16-4-8-19(28)9-5-16/h4-11,13-14,33H,12,15H2,1-3H3,(H,29,35). The van der Waals surface area contributed by atoms with Crippen LogP contribution in [0.4, 0.5) is 4.39 Å². The fraction of sp³-hybridized carbons (Fsp3) is 0.185. The van der Waals surface area contributed by atoms with Gasteiger partial charge in [0.2, 0.25) is 5.91 Å². The minimum atomic E-state index is -0.638. The molecule has 0 bridgehead atoms. The number of halogens is 1. The molecule has 0 fully saturated rings. The van der Waals surface area contributed by atoms with Crippen molar-refractivity contribution in [1.82, 2.24) is 19.8 Å². The molecule has 0 aliphatic carbocycles. The van der Waals surface area contributed by atoms with Crippen molar-refractivity contribution in [2.75, 3.05) is 21.1 Å². The molecular formula is C27H25FN4O4. The number of amides is 2. The first-order chi connectivity index (χ1) is 17.2. The SMILES string of the molecule is CNC(=O)c1c(-c2ccc(O)cc2)c2ncc(Cc3ccc(F)cc3)cc2n(CC(=O)N(C)C)c1=O. The van der Waals surface area contributed by atoms with Gasteiger partial charge in [0.1, 0.15) is 23.7 Å².